The van der Waals surface area contributed by atoms with Crippen LogP contribution < -0.4 is 4.74 Å². The van der Waals surface area contributed by atoms with Gasteiger partial charge in [-0.3, -0.25) is 0 Å². The normalized spacial score (nSPS) is 12.7. The predicted octanol–water partition coefficient (Wildman–Crippen LogP) is 2.35. The quantitative estimate of drug-likeness (QED) is 0.879. The fourth-order valence-electron chi connectivity index (χ4n) is 1.52. The van der Waals surface area contributed by atoms with Crippen molar-refractivity contribution in [2.45, 2.75) is 33.0 Å². The zero-order valence-electron chi connectivity index (χ0n) is 11.4. The van der Waals surface area contributed by atoms with Crippen LogP contribution in [0.15, 0.2) is 28.8 Å². The lowest BCUT2D eigenvalue weighted by Crippen LogP contribution is -2.17. The molecule has 6 heteroatoms. The van der Waals surface area contributed by atoms with Gasteiger partial charge in [0.1, 0.15) is 11.6 Å². The van der Waals surface area contributed by atoms with Crippen molar-refractivity contribution in [1.82, 2.24) is 10.1 Å². The third-order valence-corrected chi connectivity index (χ3v) is 2.85. The number of nitrogens with zero attached hydrogens (tertiary/aromatic N) is 2. The summed E-state index contributed by atoms with van der Waals surface area (Å²) in [5.74, 6) is 1.10. The number of hydrogen-bond donors (Lipinski definition) is 1. The molecule has 108 valence electrons. The van der Waals surface area contributed by atoms with E-state index in [0.717, 1.165) is 0 Å². The second-order valence-corrected chi connectivity index (χ2v) is 4.86. The van der Waals surface area contributed by atoms with Gasteiger partial charge in [0.05, 0.1) is 12.5 Å². The second-order valence-electron chi connectivity index (χ2n) is 4.86. The van der Waals surface area contributed by atoms with Crippen molar-refractivity contribution in [3.8, 4) is 5.75 Å². The topological polar surface area (TPSA) is 68.4 Å². The van der Waals surface area contributed by atoms with Gasteiger partial charge in [-0.05, 0) is 30.2 Å². The Kier molecular flexibility index (Phi) is 4.68. The maximum absolute atomic E-state index is 12.7. The molecule has 1 heterocycles. The molecule has 1 aromatic heterocycles. The Labute approximate surface area is 116 Å². The van der Waals surface area contributed by atoms with Crippen molar-refractivity contribution in [2.75, 3.05) is 0 Å². The van der Waals surface area contributed by atoms with Crippen LogP contribution in [-0.4, -0.2) is 21.4 Å². The van der Waals surface area contributed by atoms with E-state index < -0.39 is 6.10 Å². The lowest BCUT2D eigenvalue weighted by Gasteiger charge is -2.10. The zero-order valence-corrected chi connectivity index (χ0v) is 11.4. The second kappa shape index (κ2) is 6.47. The minimum absolute atomic E-state index is 0.126. The molecule has 2 aromatic rings. The third kappa shape index (κ3) is 4.03. The number of aliphatic hydroxyl groups is 1. The molecule has 0 aliphatic carbocycles. The molecule has 2 rings (SSSR count). The minimum atomic E-state index is -0.513. The van der Waals surface area contributed by atoms with Gasteiger partial charge in [0.25, 0.3) is 0 Å². The lowest BCUT2D eigenvalue weighted by atomic mass is 10.0. The van der Waals surface area contributed by atoms with Crippen LogP contribution >= 0.6 is 0 Å². The molecular weight excluding hydrogens is 263 g/mol. The Morgan fingerprint density at radius 3 is 2.65 bits per heavy atom. The van der Waals surface area contributed by atoms with Crippen LogP contribution in [0.25, 0.3) is 0 Å². The van der Waals surface area contributed by atoms with Crippen LogP contribution in [-0.2, 0) is 13.0 Å². The van der Waals surface area contributed by atoms with Gasteiger partial charge < -0.3 is 14.4 Å². The molecule has 1 N–H and O–H groups in total. The first-order valence-electron chi connectivity index (χ1n) is 6.42. The van der Waals surface area contributed by atoms with E-state index in [1.807, 2.05) is 13.8 Å². The highest BCUT2D eigenvalue weighted by atomic mass is 19.1. The van der Waals surface area contributed by atoms with E-state index in [1.165, 1.54) is 24.3 Å². The van der Waals surface area contributed by atoms with Gasteiger partial charge in [0.15, 0.2) is 6.61 Å². The van der Waals surface area contributed by atoms with Crippen molar-refractivity contribution in [2.24, 2.45) is 5.92 Å². The van der Waals surface area contributed by atoms with Crippen LogP contribution in [0.5, 0.6) is 5.75 Å². The molecule has 5 nitrogen and oxygen atoms in total. The molecular formula is C14H17FN2O3. The lowest BCUT2D eigenvalue weighted by molar-refractivity contribution is 0.116. The standard InChI is InChI=1S/C14H17FN2O3/c1-9(2)12(18)7-14-16-13(17-20-14)8-19-11-5-3-10(15)4-6-11/h3-6,9,12,18H,7-8H2,1-2H3/t12-/m1/s1. The molecule has 0 unspecified atom stereocenters. The summed E-state index contributed by atoms with van der Waals surface area (Å²) in [5, 5.41) is 13.5. The van der Waals surface area contributed by atoms with Gasteiger partial charge >= 0.3 is 0 Å². The monoisotopic (exact) mass is 280 g/mol. The summed E-state index contributed by atoms with van der Waals surface area (Å²) in [6.07, 6.45) is -0.192. The van der Waals surface area contributed by atoms with Crippen LogP contribution in [0.2, 0.25) is 0 Å². The Hall–Kier alpha value is -1.95. The molecule has 0 fully saturated rings. The number of aliphatic hydroxyl groups excluding tert-OH is 1. The zero-order chi connectivity index (χ0) is 14.5. The largest absolute Gasteiger partial charge is 0.485 e. The molecule has 0 radical (unpaired) electrons. The number of ether oxygens (including phenoxy) is 1. The van der Waals surface area contributed by atoms with Gasteiger partial charge in [0, 0.05) is 0 Å². The van der Waals surface area contributed by atoms with E-state index in [-0.39, 0.29) is 18.3 Å². The summed E-state index contributed by atoms with van der Waals surface area (Å²) in [5.41, 5.74) is 0. The van der Waals surface area contributed by atoms with Crippen molar-refractivity contribution in [1.29, 1.82) is 0 Å². The first-order valence-corrected chi connectivity index (χ1v) is 6.42. The van der Waals surface area contributed by atoms with Crippen LogP contribution in [0, 0.1) is 11.7 Å². The van der Waals surface area contributed by atoms with Crippen molar-refractivity contribution in [3.05, 3.63) is 41.8 Å². The molecule has 0 spiro atoms. The number of halogens is 1. The summed E-state index contributed by atoms with van der Waals surface area (Å²) >= 11 is 0. The number of rotatable bonds is 6. The molecule has 1 aromatic carbocycles. The summed E-state index contributed by atoms with van der Waals surface area (Å²) in [4.78, 5) is 4.13. The molecule has 20 heavy (non-hydrogen) atoms. The van der Waals surface area contributed by atoms with Gasteiger partial charge in [-0.1, -0.05) is 19.0 Å². The number of aromatic nitrogens is 2. The highest BCUT2D eigenvalue weighted by Gasteiger charge is 2.15. The highest BCUT2D eigenvalue weighted by molar-refractivity contribution is 5.22. The smallest absolute Gasteiger partial charge is 0.229 e. The van der Waals surface area contributed by atoms with Gasteiger partial charge in [0.2, 0.25) is 11.7 Å². The average molecular weight is 280 g/mol. The third-order valence-electron chi connectivity index (χ3n) is 2.85. The van der Waals surface area contributed by atoms with Crippen LogP contribution in [0.1, 0.15) is 25.6 Å². The average Bonchev–Trinajstić information content (AvgIpc) is 2.85. The minimum Gasteiger partial charge on any atom is -0.485 e. The highest BCUT2D eigenvalue weighted by Crippen LogP contribution is 2.13. The maximum atomic E-state index is 12.7. The Balaban J connectivity index is 1.88. The van der Waals surface area contributed by atoms with Crippen molar-refractivity contribution in [3.63, 3.8) is 0 Å². The predicted molar refractivity (Wildman–Crippen MR) is 69.6 cm³/mol. The summed E-state index contributed by atoms with van der Waals surface area (Å²) < 4.78 is 23.2. The maximum Gasteiger partial charge on any atom is 0.229 e. The molecule has 0 aliphatic rings. The fourth-order valence-corrected chi connectivity index (χ4v) is 1.52. The van der Waals surface area contributed by atoms with Crippen LogP contribution in [0.4, 0.5) is 4.39 Å². The summed E-state index contributed by atoms with van der Waals surface area (Å²) in [6, 6.07) is 5.68. The molecule has 0 amide bonds. The van der Waals surface area contributed by atoms with E-state index in [2.05, 4.69) is 10.1 Å². The first kappa shape index (κ1) is 14.5. The van der Waals surface area contributed by atoms with E-state index in [9.17, 15) is 9.50 Å². The molecule has 0 bridgehead atoms. The van der Waals surface area contributed by atoms with Crippen molar-refractivity contribution < 1.29 is 18.8 Å². The molecule has 0 aliphatic heterocycles. The fraction of sp³-hybridized carbons (Fsp3) is 0.429. The SMILES string of the molecule is CC(C)[C@H](O)Cc1nc(COc2ccc(F)cc2)no1. The molecule has 0 saturated heterocycles. The van der Waals surface area contributed by atoms with E-state index in [1.54, 1.807) is 0 Å². The van der Waals surface area contributed by atoms with Gasteiger partial charge in [-0.15, -0.1) is 0 Å². The molecule has 1 atom stereocenters. The van der Waals surface area contributed by atoms with Gasteiger partial charge in [-0.2, -0.15) is 4.98 Å². The first-order chi connectivity index (χ1) is 9.54. The number of hydrogen-bond acceptors (Lipinski definition) is 5. The van der Waals surface area contributed by atoms with Crippen LogP contribution in [0.3, 0.4) is 0 Å². The summed E-state index contributed by atoms with van der Waals surface area (Å²) in [7, 11) is 0. The molecule has 0 saturated carbocycles. The van der Waals surface area contributed by atoms with Gasteiger partial charge in [-0.25, -0.2) is 4.39 Å². The Bertz CT molecular complexity index is 540. The van der Waals surface area contributed by atoms with E-state index in [4.69, 9.17) is 9.26 Å². The van der Waals surface area contributed by atoms with E-state index >= 15 is 0 Å². The number of benzene rings is 1. The Morgan fingerprint density at radius 1 is 1.30 bits per heavy atom. The van der Waals surface area contributed by atoms with Crippen molar-refractivity contribution >= 4 is 0 Å². The van der Waals surface area contributed by atoms with E-state index in [0.29, 0.717) is 23.9 Å². The Morgan fingerprint density at radius 2 is 2.00 bits per heavy atom. The summed E-state index contributed by atoms with van der Waals surface area (Å²) in [6.45, 7) is 3.96.